The number of hydrogen-bond acceptors (Lipinski definition) is 6. The smallest absolute Gasteiger partial charge is 0.338 e. The predicted octanol–water partition coefficient (Wildman–Crippen LogP) is 5.87. The molecule has 0 unspecified atom stereocenters. The van der Waals surface area contributed by atoms with E-state index in [1.54, 1.807) is 24.3 Å². The Morgan fingerprint density at radius 2 is 1.59 bits per heavy atom. The van der Waals surface area contributed by atoms with Crippen LogP contribution in [-0.2, 0) is 14.9 Å². The molecule has 3 aromatic carbocycles. The molecule has 0 heterocycles. The van der Waals surface area contributed by atoms with Gasteiger partial charge in [0.05, 0.1) is 10.5 Å². The summed E-state index contributed by atoms with van der Waals surface area (Å²) in [4.78, 5) is 34.4. The molecule has 0 spiro atoms. The van der Waals surface area contributed by atoms with E-state index < -0.39 is 23.4 Å². The van der Waals surface area contributed by atoms with E-state index in [-0.39, 0.29) is 16.7 Å². The van der Waals surface area contributed by atoms with Crippen molar-refractivity contribution >= 4 is 23.3 Å². The van der Waals surface area contributed by atoms with Gasteiger partial charge in [0.15, 0.2) is 6.61 Å². The minimum absolute atomic E-state index is 0.00482. The molecule has 0 radical (unpaired) electrons. The molecule has 0 saturated carbocycles. The normalized spacial score (nSPS) is 10.9. The first-order chi connectivity index (χ1) is 16.2. The highest BCUT2D eigenvalue weighted by Gasteiger charge is 2.18. The lowest BCUT2D eigenvalue weighted by Crippen LogP contribution is -2.20. The Bertz CT molecular complexity index is 1170. The third kappa shape index (κ3) is 6.41. The molecule has 0 saturated heterocycles. The fourth-order valence-corrected chi connectivity index (χ4v) is 3.08. The number of carbonyl (C=O) groups excluding carboxylic acids is 2. The largest absolute Gasteiger partial charge is 0.457 e. The van der Waals surface area contributed by atoms with Crippen molar-refractivity contribution in [1.82, 2.24) is 0 Å². The Kier molecular flexibility index (Phi) is 7.63. The second-order valence-electron chi connectivity index (χ2n) is 8.32. The number of esters is 1. The van der Waals surface area contributed by atoms with Crippen molar-refractivity contribution in [2.45, 2.75) is 32.6 Å². The number of non-ortho nitro benzene ring substituents is 1. The Morgan fingerprint density at radius 1 is 0.971 bits per heavy atom. The van der Waals surface area contributed by atoms with Gasteiger partial charge in [0, 0.05) is 17.8 Å². The van der Waals surface area contributed by atoms with E-state index in [4.69, 9.17) is 9.47 Å². The molecule has 8 nitrogen and oxygen atoms in total. The summed E-state index contributed by atoms with van der Waals surface area (Å²) in [5, 5.41) is 13.4. The summed E-state index contributed by atoms with van der Waals surface area (Å²) in [6, 6.07) is 19.9. The Hall–Kier alpha value is -4.20. The van der Waals surface area contributed by atoms with Crippen LogP contribution in [0.15, 0.2) is 72.8 Å². The number of nitrogens with one attached hydrogen (secondary N) is 1. The number of hydrogen-bond donors (Lipinski definition) is 1. The maximum Gasteiger partial charge on any atom is 0.338 e. The van der Waals surface area contributed by atoms with Gasteiger partial charge in [0.2, 0.25) is 0 Å². The van der Waals surface area contributed by atoms with Gasteiger partial charge in [-0.3, -0.25) is 14.9 Å². The van der Waals surface area contributed by atoms with Gasteiger partial charge in [-0.15, -0.1) is 0 Å². The highest BCUT2D eigenvalue weighted by Crippen LogP contribution is 2.30. The monoisotopic (exact) mass is 462 g/mol. The van der Waals surface area contributed by atoms with E-state index >= 15 is 0 Å². The van der Waals surface area contributed by atoms with Gasteiger partial charge < -0.3 is 14.8 Å². The van der Waals surface area contributed by atoms with Gasteiger partial charge in [-0.1, -0.05) is 39.0 Å². The number of rotatable bonds is 9. The molecular formula is C26H26N2O6. The number of amides is 1. The van der Waals surface area contributed by atoms with Gasteiger partial charge in [0.1, 0.15) is 11.5 Å². The van der Waals surface area contributed by atoms with Crippen LogP contribution in [-0.4, -0.2) is 23.4 Å². The second-order valence-corrected chi connectivity index (χ2v) is 8.32. The third-order valence-electron chi connectivity index (χ3n) is 5.52. The fraction of sp³-hybridized carbons (Fsp3) is 0.231. The van der Waals surface area contributed by atoms with Crippen LogP contribution >= 0.6 is 0 Å². The van der Waals surface area contributed by atoms with Crippen LogP contribution in [0.4, 0.5) is 11.4 Å². The van der Waals surface area contributed by atoms with E-state index in [1.807, 2.05) is 12.1 Å². The van der Waals surface area contributed by atoms with Crippen LogP contribution in [0, 0.1) is 10.1 Å². The van der Waals surface area contributed by atoms with Crippen molar-refractivity contribution < 1.29 is 24.0 Å². The average Bonchev–Trinajstić information content (AvgIpc) is 2.84. The maximum atomic E-state index is 12.1. The molecule has 0 aromatic heterocycles. The molecule has 3 aromatic rings. The number of anilines is 1. The van der Waals surface area contributed by atoms with Gasteiger partial charge >= 0.3 is 5.97 Å². The van der Waals surface area contributed by atoms with Crippen molar-refractivity contribution in [3.8, 4) is 11.5 Å². The fourth-order valence-electron chi connectivity index (χ4n) is 3.08. The summed E-state index contributed by atoms with van der Waals surface area (Å²) in [6.45, 7) is 6.03. The van der Waals surface area contributed by atoms with Gasteiger partial charge in [-0.2, -0.15) is 0 Å². The van der Waals surface area contributed by atoms with Gasteiger partial charge in [-0.25, -0.2) is 4.79 Å². The van der Waals surface area contributed by atoms with Crippen molar-refractivity contribution in [2.75, 3.05) is 11.9 Å². The minimum atomic E-state index is -0.823. The first kappa shape index (κ1) is 24.4. The highest BCUT2D eigenvalue weighted by molar-refractivity contribution is 5.95. The van der Waals surface area contributed by atoms with Crippen molar-refractivity contribution in [1.29, 1.82) is 0 Å². The summed E-state index contributed by atoms with van der Waals surface area (Å²) in [6.07, 6.45) is 1.04. The standard InChI is InChI=1S/C26H26N2O6/c1-4-26(2,3)19-8-12-22(13-9-19)34-23-14-10-20(11-15-23)27-24(29)17-33-25(30)18-6-5-7-21(16-18)28(31)32/h5-16H,4,17H2,1-3H3,(H,27,29). The van der Waals surface area contributed by atoms with Gasteiger partial charge in [-0.05, 0) is 59.9 Å². The molecule has 0 aliphatic carbocycles. The number of nitro benzene ring substituents is 1. The number of ether oxygens (including phenoxy) is 2. The van der Waals surface area contributed by atoms with E-state index in [0.29, 0.717) is 17.2 Å². The molecule has 3 rings (SSSR count). The lowest BCUT2D eigenvalue weighted by molar-refractivity contribution is -0.384. The quantitative estimate of drug-likeness (QED) is 0.242. The second kappa shape index (κ2) is 10.6. The van der Waals surface area contributed by atoms with Crippen LogP contribution in [0.1, 0.15) is 43.1 Å². The summed E-state index contributed by atoms with van der Waals surface area (Å²) < 4.78 is 10.8. The Morgan fingerprint density at radius 3 is 2.18 bits per heavy atom. The number of nitro groups is 1. The minimum Gasteiger partial charge on any atom is -0.457 e. The molecule has 1 N–H and O–H groups in total. The number of nitrogens with zero attached hydrogens (tertiary/aromatic N) is 1. The van der Waals surface area contributed by atoms with E-state index in [1.165, 1.54) is 23.8 Å². The van der Waals surface area contributed by atoms with Crippen LogP contribution in [0.5, 0.6) is 11.5 Å². The van der Waals surface area contributed by atoms with Crippen LogP contribution in [0.25, 0.3) is 0 Å². The highest BCUT2D eigenvalue weighted by atomic mass is 16.6. The molecule has 34 heavy (non-hydrogen) atoms. The van der Waals surface area contributed by atoms with E-state index in [0.717, 1.165) is 12.5 Å². The lowest BCUT2D eigenvalue weighted by atomic mass is 9.82. The maximum absolute atomic E-state index is 12.1. The van der Waals surface area contributed by atoms with E-state index in [2.05, 4.69) is 38.2 Å². The molecule has 8 heteroatoms. The summed E-state index contributed by atoms with van der Waals surface area (Å²) in [5.74, 6) is -0.0457. The van der Waals surface area contributed by atoms with Crippen LogP contribution in [0.3, 0.4) is 0 Å². The lowest BCUT2D eigenvalue weighted by Gasteiger charge is -2.23. The number of carbonyl (C=O) groups is 2. The molecule has 0 aliphatic heterocycles. The molecule has 1 amide bonds. The van der Waals surface area contributed by atoms with Crippen molar-refractivity contribution in [3.05, 3.63) is 94.0 Å². The van der Waals surface area contributed by atoms with Gasteiger partial charge in [0.25, 0.3) is 11.6 Å². The van der Waals surface area contributed by atoms with Crippen LogP contribution < -0.4 is 10.1 Å². The topological polar surface area (TPSA) is 108 Å². The average molecular weight is 463 g/mol. The zero-order valence-electron chi connectivity index (χ0n) is 19.2. The zero-order chi connectivity index (χ0) is 24.7. The summed E-state index contributed by atoms with van der Waals surface area (Å²) in [7, 11) is 0. The predicted molar refractivity (Wildman–Crippen MR) is 128 cm³/mol. The molecular weight excluding hydrogens is 436 g/mol. The molecule has 0 bridgehead atoms. The summed E-state index contributed by atoms with van der Waals surface area (Å²) >= 11 is 0. The third-order valence-corrected chi connectivity index (χ3v) is 5.52. The van der Waals surface area contributed by atoms with E-state index in [9.17, 15) is 19.7 Å². The molecule has 0 fully saturated rings. The molecule has 0 atom stereocenters. The Balaban J connectivity index is 1.51. The first-order valence-corrected chi connectivity index (χ1v) is 10.8. The number of benzene rings is 3. The SMILES string of the molecule is CCC(C)(C)c1ccc(Oc2ccc(NC(=O)COC(=O)c3cccc([N+](=O)[O-])c3)cc2)cc1. The molecule has 0 aliphatic rings. The van der Waals surface area contributed by atoms with Crippen molar-refractivity contribution in [3.63, 3.8) is 0 Å². The molecule has 176 valence electrons. The summed E-state index contributed by atoms with van der Waals surface area (Å²) in [5.41, 5.74) is 1.61. The Labute approximate surface area is 197 Å². The van der Waals surface area contributed by atoms with Crippen LogP contribution in [0.2, 0.25) is 0 Å². The first-order valence-electron chi connectivity index (χ1n) is 10.8. The zero-order valence-corrected chi connectivity index (χ0v) is 19.2. The van der Waals surface area contributed by atoms with Crippen molar-refractivity contribution in [2.24, 2.45) is 0 Å².